The molecule has 0 amide bonds. The number of aromatic nitrogens is 1. The van der Waals surface area contributed by atoms with Crippen LogP contribution < -0.4 is 15.4 Å². The van der Waals surface area contributed by atoms with Crippen molar-refractivity contribution in [1.82, 2.24) is 15.6 Å². The zero-order valence-corrected chi connectivity index (χ0v) is 16.6. The summed E-state index contributed by atoms with van der Waals surface area (Å²) >= 11 is 0. The summed E-state index contributed by atoms with van der Waals surface area (Å²) in [5.41, 5.74) is 2.80. The molecule has 152 valence electrons. The second kappa shape index (κ2) is 10.3. The summed E-state index contributed by atoms with van der Waals surface area (Å²) in [4.78, 5) is 8.68. The Morgan fingerprint density at radius 1 is 1.03 bits per heavy atom. The van der Waals surface area contributed by atoms with E-state index in [1.165, 1.54) is 17.7 Å². The lowest BCUT2D eigenvalue weighted by Crippen LogP contribution is -2.39. The van der Waals surface area contributed by atoms with Crippen LogP contribution in [0.25, 0.3) is 11.5 Å². The number of nitrogens with one attached hydrogen (secondary N) is 2. The van der Waals surface area contributed by atoms with E-state index in [0.717, 1.165) is 35.9 Å². The molecule has 7 heteroatoms. The first-order valence-electron chi connectivity index (χ1n) is 9.45. The number of benzene rings is 2. The highest BCUT2D eigenvalue weighted by molar-refractivity contribution is 5.79. The van der Waals surface area contributed by atoms with Crippen LogP contribution in [0, 0.1) is 5.82 Å². The van der Waals surface area contributed by atoms with Crippen molar-refractivity contribution in [3.8, 4) is 17.2 Å². The molecule has 29 heavy (non-hydrogen) atoms. The van der Waals surface area contributed by atoms with Crippen LogP contribution in [0.3, 0.4) is 0 Å². The molecule has 0 unspecified atom stereocenters. The highest BCUT2D eigenvalue weighted by Gasteiger charge is 2.07. The summed E-state index contributed by atoms with van der Waals surface area (Å²) in [5, 5.41) is 6.56. The number of aliphatic imine (C=N–C) groups is 1. The second-order valence-corrected chi connectivity index (χ2v) is 6.42. The number of guanidine groups is 1. The molecule has 3 aromatic rings. The van der Waals surface area contributed by atoms with Gasteiger partial charge < -0.3 is 19.8 Å². The number of halogens is 1. The van der Waals surface area contributed by atoms with Crippen LogP contribution in [0.4, 0.5) is 4.39 Å². The van der Waals surface area contributed by atoms with E-state index in [9.17, 15) is 4.39 Å². The maximum absolute atomic E-state index is 13.0. The average molecular weight is 396 g/mol. The zero-order chi connectivity index (χ0) is 20.5. The fraction of sp³-hybridized carbons (Fsp3) is 0.273. The van der Waals surface area contributed by atoms with E-state index in [1.54, 1.807) is 32.6 Å². The van der Waals surface area contributed by atoms with Gasteiger partial charge in [-0.1, -0.05) is 12.1 Å². The van der Waals surface area contributed by atoms with Crippen LogP contribution in [0.15, 0.2) is 64.2 Å². The van der Waals surface area contributed by atoms with Crippen LogP contribution in [0.2, 0.25) is 0 Å². The van der Waals surface area contributed by atoms with Gasteiger partial charge in [0.1, 0.15) is 17.8 Å². The molecule has 0 aliphatic carbocycles. The topological polar surface area (TPSA) is 71.7 Å². The Morgan fingerprint density at radius 3 is 2.38 bits per heavy atom. The number of methoxy groups -OCH3 is 1. The highest BCUT2D eigenvalue weighted by atomic mass is 19.1. The van der Waals surface area contributed by atoms with Crippen molar-refractivity contribution < 1.29 is 13.5 Å². The predicted molar refractivity (Wildman–Crippen MR) is 112 cm³/mol. The Kier molecular flexibility index (Phi) is 7.22. The first-order valence-corrected chi connectivity index (χ1v) is 9.45. The SMILES string of the molecule is CN=C(NCCc1ccc(OC)cc1)NCCc1coc(-c2ccc(F)cc2)n1. The number of hydrogen-bond acceptors (Lipinski definition) is 4. The van der Waals surface area contributed by atoms with Crippen molar-refractivity contribution in [3.05, 3.63) is 71.9 Å². The average Bonchev–Trinajstić information content (AvgIpc) is 3.22. The van der Waals surface area contributed by atoms with Gasteiger partial charge in [0.15, 0.2) is 5.96 Å². The highest BCUT2D eigenvalue weighted by Crippen LogP contribution is 2.19. The minimum absolute atomic E-state index is 0.282. The lowest BCUT2D eigenvalue weighted by atomic mass is 10.1. The lowest BCUT2D eigenvalue weighted by molar-refractivity contribution is 0.414. The van der Waals surface area contributed by atoms with Crippen molar-refractivity contribution in [1.29, 1.82) is 0 Å². The third-order valence-electron chi connectivity index (χ3n) is 4.41. The molecule has 0 saturated carbocycles. The largest absolute Gasteiger partial charge is 0.497 e. The first-order chi connectivity index (χ1) is 14.2. The van der Waals surface area contributed by atoms with Gasteiger partial charge in [0, 0.05) is 32.1 Å². The summed E-state index contributed by atoms with van der Waals surface area (Å²) < 4.78 is 23.7. The molecule has 0 spiro atoms. The molecular weight excluding hydrogens is 371 g/mol. The number of ether oxygens (including phenoxy) is 1. The lowest BCUT2D eigenvalue weighted by Gasteiger charge is -2.11. The van der Waals surface area contributed by atoms with E-state index in [4.69, 9.17) is 9.15 Å². The predicted octanol–water partition coefficient (Wildman–Crippen LogP) is 3.44. The van der Waals surface area contributed by atoms with Crippen molar-refractivity contribution in [2.45, 2.75) is 12.8 Å². The van der Waals surface area contributed by atoms with E-state index in [0.29, 0.717) is 18.9 Å². The van der Waals surface area contributed by atoms with E-state index < -0.39 is 0 Å². The molecule has 1 heterocycles. The number of oxazole rings is 1. The summed E-state index contributed by atoms with van der Waals surface area (Å²) in [6.45, 7) is 1.43. The Hall–Kier alpha value is -3.35. The molecule has 2 N–H and O–H groups in total. The Balaban J connectivity index is 1.41. The zero-order valence-electron chi connectivity index (χ0n) is 16.6. The summed E-state index contributed by atoms with van der Waals surface area (Å²) in [5.74, 6) is 1.80. The van der Waals surface area contributed by atoms with Crippen LogP contribution in [0.5, 0.6) is 5.75 Å². The molecule has 3 rings (SSSR count). The first kappa shape index (κ1) is 20.4. The standard InChI is InChI=1S/C22H25FN4O2/c1-24-22(25-13-11-16-3-9-20(28-2)10-4-16)26-14-12-19-15-29-21(27-19)17-5-7-18(23)8-6-17/h3-10,15H,11-14H2,1-2H3,(H2,24,25,26). The fourth-order valence-corrected chi connectivity index (χ4v) is 2.79. The monoisotopic (exact) mass is 396 g/mol. The minimum Gasteiger partial charge on any atom is -0.497 e. The van der Waals surface area contributed by atoms with Gasteiger partial charge in [0.2, 0.25) is 5.89 Å². The number of hydrogen-bond donors (Lipinski definition) is 2. The maximum atomic E-state index is 13.0. The van der Waals surface area contributed by atoms with Crippen LogP contribution in [-0.2, 0) is 12.8 Å². The van der Waals surface area contributed by atoms with Gasteiger partial charge in [0.05, 0.1) is 12.8 Å². The molecule has 0 radical (unpaired) electrons. The number of rotatable bonds is 8. The van der Waals surface area contributed by atoms with Gasteiger partial charge >= 0.3 is 0 Å². The van der Waals surface area contributed by atoms with E-state index in [2.05, 4.69) is 32.7 Å². The Morgan fingerprint density at radius 2 is 1.72 bits per heavy atom. The van der Waals surface area contributed by atoms with Gasteiger partial charge in [-0.05, 0) is 48.4 Å². The third-order valence-corrected chi connectivity index (χ3v) is 4.41. The quantitative estimate of drug-likeness (QED) is 0.451. The summed E-state index contributed by atoms with van der Waals surface area (Å²) in [6, 6.07) is 14.1. The molecule has 1 aromatic heterocycles. The van der Waals surface area contributed by atoms with Gasteiger partial charge in [-0.2, -0.15) is 0 Å². The fourth-order valence-electron chi connectivity index (χ4n) is 2.79. The molecule has 6 nitrogen and oxygen atoms in total. The van der Waals surface area contributed by atoms with Gasteiger partial charge in [-0.15, -0.1) is 0 Å². The Bertz CT molecular complexity index is 921. The van der Waals surface area contributed by atoms with E-state index in [1.807, 2.05) is 12.1 Å². The molecule has 0 fully saturated rings. The maximum Gasteiger partial charge on any atom is 0.226 e. The summed E-state index contributed by atoms with van der Waals surface area (Å²) in [7, 11) is 3.40. The van der Waals surface area contributed by atoms with Crippen LogP contribution >= 0.6 is 0 Å². The van der Waals surface area contributed by atoms with Crippen LogP contribution in [-0.4, -0.2) is 38.2 Å². The van der Waals surface area contributed by atoms with E-state index >= 15 is 0 Å². The van der Waals surface area contributed by atoms with Crippen molar-refractivity contribution in [2.75, 3.05) is 27.2 Å². The van der Waals surface area contributed by atoms with Crippen molar-refractivity contribution in [3.63, 3.8) is 0 Å². The van der Waals surface area contributed by atoms with Crippen molar-refractivity contribution in [2.24, 2.45) is 4.99 Å². The molecule has 0 aliphatic heterocycles. The molecule has 0 saturated heterocycles. The van der Waals surface area contributed by atoms with E-state index in [-0.39, 0.29) is 5.82 Å². The minimum atomic E-state index is -0.282. The molecular formula is C22H25FN4O2. The Labute approximate surface area is 169 Å². The molecule has 2 aromatic carbocycles. The number of nitrogens with zero attached hydrogens (tertiary/aromatic N) is 2. The second-order valence-electron chi connectivity index (χ2n) is 6.42. The van der Waals surface area contributed by atoms with Crippen LogP contribution in [0.1, 0.15) is 11.3 Å². The molecule has 0 atom stereocenters. The van der Waals surface area contributed by atoms with Gasteiger partial charge in [-0.25, -0.2) is 9.37 Å². The normalized spacial score (nSPS) is 11.3. The van der Waals surface area contributed by atoms with Crippen molar-refractivity contribution >= 4 is 5.96 Å². The molecule has 0 aliphatic rings. The summed E-state index contributed by atoms with van der Waals surface area (Å²) in [6.07, 6.45) is 3.19. The van der Waals surface area contributed by atoms with Gasteiger partial charge in [-0.3, -0.25) is 4.99 Å². The van der Waals surface area contributed by atoms with Gasteiger partial charge in [0.25, 0.3) is 0 Å². The third kappa shape index (κ3) is 6.07. The smallest absolute Gasteiger partial charge is 0.226 e. The molecule has 0 bridgehead atoms.